The Bertz CT molecular complexity index is 24.8. The Morgan fingerprint density at radius 3 is 1.75 bits per heavy atom. The van der Waals surface area contributed by atoms with Crippen molar-refractivity contribution in [3.63, 3.8) is 0 Å². The van der Waals surface area contributed by atoms with E-state index in [1.165, 1.54) is 0 Å². The van der Waals surface area contributed by atoms with Crippen LogP contribution < -0.4 is 0 Å². The average Bonchev–Trinajstić information content (AvgIpc) is 0.918. The van der Waals surface area contributed by atoms with E-state index in [9.17, 15) is 0 Å². The van der Waals surface area contributed by atoms with E-state index in [2.05, 4.69) is 13.3 Å². The van der Waals surface area contributed by atoms with Gasteiger partial charge in [0.25, 0.3) is 0 Å². The minimum absolute atomic E-state index is 0. The molecule has 0 fully saturated rings. The zero-order chi connectivity index (χ0) is 2.71. The van der Waals surface area contributed by atoms with Crippen LogP contribution in [0.1, 0.15) is 0 Å². The second kappa shape index (κ2) is 9.77. The molecule has 0 unspecified atom stereocenters. The van der Waals surface area contributed by atoms with Gasteiger partial charge in [-0.05, 0) is 0 Å². The van der Waals surface area contributed by atoms with Crippen LogP contribution in [0.3, 0.4) is 0 Å². The summed E-state index contributed by atoms with van der Waals surface area (Å²) in [7, 11) is 0. The second-order valence-electron chi connectivity index (χ2n) is 0.204. The first kappa shape index (κ1) is 8.82. The molecular formula is C3H3U-. The normalized spacial score (nSPS) is 1.75. The zero-order valence-corrected chi connectivity index (χ0v) is 6.45. The van der Waals surface area contributed by atoms with Crippen molar-refractivity contribution in [1.82, 2.24) is 0 Å². The molecule has 0 aliphatic heterocycles. The molecule has 0 aliphatic rings. The first-order chi connectivity index (χ1) is 1.41. The summed E-state index contributed by atoms with van der Waals surface area (Å²) in [4.78, 5) is 0. The molecule has 0 aromatic heterocycles. The van der Waals surface area contributed by atoms with Gasteiger partial charge in [-0.3, -0.25) is 0 Å². The van der Waals surface area contributed by atoms with Crippen molar-refractivity contribution in [1.29, 1.82) is 0 Å². The van der Waals surface area contributed by atoms with Gasteiger partial charge >= 0.3 is 0 Å². The van der Waals surface area contributed by atoms with E-state index in [1.54, 1.807) is 0 Å². The molecule has 4 heavy (non-hydrogen) atoms. The average molecular weight is 277 g/mol. The van der Waals surface area contributed by atoms with E-state index in [4.69, 9.17) is 0 Å². The molecule has 0 heterocycles. The van der Waals surface area contributed by atoms with Gasteiger partial charge in [0, 0.05) is 31.1 Å². The first-order valence-corrected chi connectivity index (χ1v) is 0.642. The molecular weight excluding hydrogens is 274 g/mol. The summed E-state index contributed by atoms with van der Waals surface area (Å²) in [6.45, 7) is 3.01. The third-order valence-electron chi connectivity index (χ3n) is 0. The maximum atomic E-state index is 4.49. The molecule has 0 amide bonds. The van der Waals surface area contributed by atoms with Gasteiger partial charge in [0.2, 0.25) is 0 Å². The Morgan fingerprint density at radius 1 is 1.75 bits per heavy atom. The molecule has 0 atom stereocenters. The van der Waals surface area contributed by atoms with Crippen molar-refractivity contribution in [2.45, 2.75) is 0 Å². The fourth-order valence-corrected chi connectivity index (χ4v) is 0. The third-order valence-corrected chi connectivity index (χ3v) is 0. The largest absolute Gasteiger partial charge is 0.345 e. The number of rotatable bonds is 0. The predicted octanol–water partition coefficient (Wildman–Crippen LogP) is 0.454. The van der Waals surface area contributed by atoms with Crippen molar-refractivity contribution in [2.75, 3.05) is 0 Å². The maximum absolute atomic E-state index is 4.49. The Labute approximate surface area is 50.3 Å². The fraction of sp³-hybridized carbons (Fsp3) is 0. The van der Waals surface area contributed by atoms with Crippen LogP contribution in [0.25, 0.3) is 0 Å². The van der Waals surface area contributed by atoms with Gasteiger partial charge in [0.05, 0.1) is 0 Å². The van der Waals surface area contributed by atoms with Crippen LogP contribution in [0.5, 0.6) is 0 Å². The summed E-state index contributed by atoms with van der Waals surface area (Å²) in [5, 5.41) is 0. The summed E-state index contributed by atoms with van der Waals surface area (Å²) in [6.07, 6.45) is 4.49. The van der Waals surface area contributed by atoms with Crippen LogP contribution in [-0.2, 0) is 0 Å². The zero-order valence-electron chi connectivity index (χ0n) is 2.28. The minimum atomic E-state index is 0. The molecule has 0 nitrogen and oxygen atoms in total. The smallest absolute Gasteiger partial charge is 0 e. The third kappa shape index (κ3) is 23.5. The molecule has 0 N–H and O–H groups in total. The molecule has 0 aromatic carbocycles. The van der Waals surface area contributed by atoms with Gasteiger partial charge in [-0.2, -0.15) is 6.92 Å². The van der Waals surface area contributed by atoms with Gasteiger partial charge in [-0.25, -0.2) is 0 Å². The fourth-order valence-electron chi connectivity index (χ4n) is 0. The molecule has 0 radical (unpaired) electrons. The minimum Gasteiger partial charge on any atom is -0.345 e. The molecule has 0 rings (SSSR count). The van der Waals surface area contributed by atoms with Crippen molar-refractivity contribution < 1.29 is 31.1 Å². The summed E-state index contributed by atoms with van der Waals surface area (Å²) >= 11 is 0. The van der Waals surface area contributed by atoms with Gasteiger partial charge in [0.15, 0.2) is 0 Å². The van der Waals surface area contributed by atoms with E-state index in [1.807, 2.05) is 5.92 Å². The summed E-state index contributed by atoms with van der Waals surface area (Å²) in [5.41, 5.74) is 0. The second-order valence-corrected chi connectivity index (χ2v) is 0.204. The molecule has 0 aliphatic carbocycles. The van der Waals surface area contributed by atoms with Crippen LogP contribution in [0.15, 0.2) is 0 Å². The van der Waals surface area contributed by atoms with E-state index < -0.39 is 0 Å². The Morgan fingerprint density at radius 2 is 1.75 bits per heavy atom. The Kier molecular flexibility index (Phi) is 21.5. The van der Waals surface area contributed by atoms with E-state index >= 15 is 0 Å². The van der Waals surface area contributed by atoms with Crippen LogP contribution in [0, 0.1) is 50.4 Å². The molecule has 1 heteroatoms. The van der Waals surface area contributed by atoms with Crippen LogP contribution >= 0.6 is 0 Å². The van der Waals surface area contributed by atoms with E-state index in [0.29, 0.717) is 0 Å². The molecule has 20 valence electrons. The number of terminal acetylenes is 1. The van der Waals surface area contributed by atoms with Crippen LogP contribution in [-0.4, -0.2) is 0 Å². The summed E-state index contributed by atoms with van der Waals surface area (Å²) in [5.74, 6) is 2.00. The predicted molar refractivity (Wildman–Crippen MR) is 14.2 cm³/mol. The molecule has 0 aromatic rings. The summed E-state index contributed by atoms with van der Waals surface area (Å²) < 4.78 is 0. The Hall–Kier alpha value is 0.482. The summed E-state index contributed by atoms with van der Waals surface area (Å²) in [6, 6.07) is 0. The van der Waals surface area contributed by atoms with Crippen LogP contribution in [0.4, 0.5) is 0 Å². The van der Waals surface area contributed by atoms with Gasteiger partial charge in [-0.1, -0.05) is 0 Å². The van der Waals surface area contributed by atoms with Gasteiger partial charge in [0.1, 0.15) is 0 Å². The first-order valence-electron chi connectivity index (χ1n) is 0.642. The molecule has 0 spiro atoms. The van der Waals surface area contributed by atoms with Crippen molar-refractivity contribution in [2.24, 2.45) is 0 Å². The van der Waals surface area contributed by atoms with Crippen molar-refractivity contribution in [3.8, 4) is 12.3 Å². The molecule has 0 bridgehead atoms. The number of hydrogen-bond donors (Lipinski definition) is 0. The Balaban J connectivity index is 0. The van der Waals surface area contributed by atoms with Crippen LogP contribution in [0.2, 0.25) is 0 Å². The van der Waals surface area contributed by atoms with E-state index in [-0.39, 0.29) is 31.1 Å². The molecule has 0 saturated carbocycles. The monoisotopic (exact) mass is 277 g/mol. The quantitative estimate of drug-likeness (QED) is 0.445. The van der Waals surface area contributed by atoms with Gasteiger partial charge < -0.3 is 12.3 Å². The van der Waals surface area contributed by atoms with E-state index in [0.717, 1.165) is 0 Å². The maximum Gasteiger partial charge on any atom is 0 e. The van der Waals surface area contributed by atoms with Gasteiger partial charge in [-0.15, -0.1) is 0 Å². The molecule has 0 saturated heterocycles. The SMILES string of the molecule is C#C[CH2-].[U]. The van der Waals surface area contributed by atoms with Crippen molar-refractivity contribution in [3.05, 3.63) is 6.92 Å². The number of hydrogen-bond acceptors (Lipinski definition) is 0. The van der Waals surface area contributed by atoms with Crippen molar-refractivity contribution >= 4 is 0 Å². The standard InChI is InChI=1S/C3H3.U/c1-3-2;/h1H,2H2;/q-1;. The topological polar surface area (TPSA) is 0 Å².